The Labute approximate surface area is 268 Å². The molecule has 0 bridgehead atoms. The molecule has 0 aromatic rings. The Morgan fingerprint density at radius 2 is 0.848 bits per heavy atom. The fraction of sp³-hybridized carbons (Fsp3) is 0.548. The number of unbranched alkanes of at least 4 members (excludes halogenated alkanes) is 3. The predicted molar refractivity (Wildman–Crippen MR) is 164 cm³/mol. The van der Waals surface area contributed by atoms with E-state index < -0.39 is 73.3 Å². The Bertz CT molecular complexity index is 927. The first-order chi connectivity index (χ1) is 21.9. The Hall–Kier alpha value is -4.66. The molecule has 0 spiro atoms. The van der Waals surface area contributed by atoms with Crippen LogP contribution >= 0.6 is 0 Å². The molecule has 3 N–H and O–H groups in total. The van der Waals surface area contributed by atoms with Gasteiger partial charge in [-0.05, 0) is 19.3 Å². The molecule has 0 radical (unpaired) electrons. The lowest BCUT2D eigenvalue weighted by molar-refractivity contribution is -0.153. The average molecular weight is 655 g/mol. The second-order valence-electron chi connectivity index (χ2n) is 10.2. The summed E-state index contributed by atoms with van der Waals surface area (Å²) in [5.74, 6) is -2.87. The van der Waals surface area contributed by atoms with E-state index in [-0.39, 0.29) is 26.4 Å². The number of aliphatic hydroxyl groups is 1. The van der Waals surface area contributed by atoms with Crippen molar-refractivity contribution in [3.05, 3.63) is 50.6 Å². The van der Waals surface area contributed by atoms with Crippen molar-refractivity contribution >= 4 is 36.1 Å². The monoisotopic (exact) mass is 654 g/mol. The highest BCUT2D eigenvalue weighted by molar-refractivity contribution is 5.82. The van der Waals surface area contributed by atoms with Crippen molar-refractivity contribution in [3.63, 3.8) is 0 Å². The summed E-state index contributed by atoms with van der Waals surface area (Å²) in [6.45, 7) is 13.3. The molecule has 15 heteroatoms. The van der Waals surface area contributed by atoms with Crippen LogP contribution in [0.15, 0.2) is 50.6 Å². The van der Waals surface area contributed by atoms with Crippen molar-refractivity contribution in [1.29, 1.82) is 0 Å². The number of carbonyl (C=O) groups is 6. The van der Waals surface area contributed by atoms with Crippen LogP contribution in [0.25, 0.3) is 0 Å². The van der Waals surface area contributed by atoms with E-state index in [0.29, 0.717) is 25.8 Å². The molecule has 0 rings (SSSR count). The van der Waals surface area contributed by atoms with Crippen LogP contribution in [-0.4, -0.2) is 101 Å². The van der Waals surface area contributed by atoms with Gasteiger partial charge in [-0.15, -0.1) is 0 Å². The third kappa shape index (κ3) is 18.2. The maximum atomic E-state index is 12.2. The number of hydrogen-bond donors (Lipinski definition) is 3. The molecular weight excluding hydrogens is 608 g/mol. The van der Waals surface area contributed by atoms with E-state index in [1.807, 2.05) is 0 Å². The summed E-state index contributed by atoms with van der Waals surface area (Å²) in [5.41, 5.74) is -2.35. The van der Waals surface area contributed by atoms with Gasteiger partial charge in [0, 0.05) is 37.4 Å². The molecule has 0 heterocycles. The maximum Gasteiger partial charge on any atom is 0.407 e. The first kappa shape index (κ1) is 41.3. The van der Waals surface area contributed by atoms with Crippen LogP contribution in [-0.2, 0) is 47.6 Å². The lowest BCUT2D eigenvalue weighted by Gasteiger charge is -2.30. The Morgan fingerprint density at radius 3 is 1.15 bits per heavy atom. The van der Waals surface area contributed by atoms with Gasteiger partial charge in [0.1, 0.15) is 39.6 Å². The largest absolute Gasteiger partial charge is 0.462 e. The van der Waals surface area contributed by atoms with Gasteiger partial charge in [0.05, 0.1) is 17.4 Å². The highest BCUT2D eigenvalue weighted by atomic mass is 16.6. The smallest absolute Gasteiger partial charge is 0.407 e. The maximum absolute atomic E-state index is 12.2. The summed E-state index contributed by atoms with van der Waals surface area (Å²) in [6, 6.07) is 0. The molecule has 46 heavy (non-hydrogen) atoms. The quantitative estimate of drug-likeness (QED) is 0.0561. The molecule has 0 saturated heterocycles. The van der Waals surface area contributed by atoms with Crippen LogP contribution in [0.5, 0.6) is 0 Å². The molecule has 0 aromatic heterocycles. The van der Waals surface area contributed by atoms with Gasteiger partial charge in [-0.2, -0.15) is 0 Å². The first-order valence-electron chi connectivity index (χ1n) is 14.5. The van der Waals surface area contributed by atoms with Crippen molar-refractivity contribution in [3.8, 4) is 0 Å². The number of hydrogen-bond acceptors (Lipinski definition) is 13. The topological polar surface area (TPSA) is 202 Å². The van der Waals surface area contributed by atoms with Crippen molar-refractivity contribution in [2.24, 2.45) is 10.8 Å². The SMILES string of the molecule is C=CC(=O)OCC(CC)(COC(=O)C=C)COC(=O)NCCCCCCNC(=O)OCC(CO)(COC(=O)C=C)COC(=O)C=C. The number of nitrogens with one attached hydrogen (secondary N) is 2. The van der Waals surface area contributed by atoms with Gasteiger partial charge in [-0.1, -0.05) is 46.1 Å². The number of aliphatic hydroxyl groups excluding tert-OH is 1. The molecule has 0 aliphatic carbocycles. The molecule has 0 aliphatic rings. The van der Waals surface area contributed by atoms with Gasteiger partial charge in [0.2, 0.25) is 0 Å². The highest BCUT2D eigenvalue weighted by Crippen LogP contribution is 2.24. The van der Waals surface area contributed by atoms with Gasteiger partial charge < -0.3 is 44.2 Å². The molecule has 258 valence electrons. The van der Waals surface area contributed by atoms with E-state index >= 15 is 0 Å². The van der Waals surface area contributed by atoms with E-state index in [4.69, 9.17) is 28.4 Å². The van der Waals surface area contributed by atoms with Gasteiger partial charge in [-0.3, -0.25) is 0 Å². The van der Waals surface area contributed by atoms with Crippen LogP contribution in [0.1, 0.15) is 39.0 Å². The average Bonchev–Trinajstić information content (AvgIpc) is 3.08. The molecule has 0 aliphatic heterocycles. The number of carbonyl (C=O) groups excluding carboxylic acids is 6. The van der Waals surface area contributed by atoms with Gasteiger partial charge in [-0.25, -0.2) is 28.8 Å². The van der Waals surface area contributed by atoms with Crippen LogP contribution in [0.4, 0.5) is 9.59 Å². The second-order valence-corrected chi connectivity index (χ2v) is 10.2. The van der Waals surface area contributed by atoms with E-state index in [9.17, 15) is 33.9 Å². The van der Waals surface area contributed by atoms with Crippen LogP contribution < -0.4 is 10.6 Å². The van der Waals surface area contributed by atoms with E-state index in [1.54, 1.807) is 6.92 Å². The second kappa shape index (κ2) is 23.7. The zero-order valence-corrected chi connectivity index (χ0v) is 26.4. The lowest BCUT2D eigenvalue weighted by atomic mass is 9.88. The zero-order valence-electron chi connectivity index (χ0n) is 26.4. The van der Waals surface area contributed by atoms with E-state index in [2.05, 4.69) is 36.9 Å². The summed E-state index contributed by atoms with van der Waals surface area (Å²) in [5, 5.41) is 15.1. The molecule has 0 unspecified atom stereocenters. The standard InChI is InChI=1S/C31H46N2O13/c1-6-24(35)41-18-30(10-5,19-42-25(36)7-2)20-45-28(39)32-15-13-11-12-14-16-33-29(40)46-23-31(17-34,21-43-26(37)8-3)22-44-27(38)9-4/h6-9,34H,1-4,10-23H2,5H3,(H,32,39)(H,33,40). The fourth-order valence-electron chi connectivity index (χ4n) is 3.35. The molecule has 0 fully saturated rings. The Kier molecular flexibility index (Phi) is 21.3. The summed E-state index contributed by atoms with van der Waals surface area (Å²) >= 11 is 0. The number of ether oxygens (including phenoxy) is 6. The minimum atomic E-state index is -1.39. The number of amides is 2. The lowest BCUT2D eigenvalue weighted by Crippen LogP contribution is -2.43. The van der Waals surface area contributed by atoms with Crippen LogP contribution in [0, 0.1) is 10.8 Å². The van der Waals surface area contributed by atoms with E-state index in [0.717, 1.165) is 37.1 Å². The number of rotatable bonds is 25. The van der Waals surface area contributed by atoms with Crippen molar-refractivity contribution < 1.29 is 62.3 Å². The normalized spacial score (nSPS) is 10.7. The molecule has 15 nitrogen and oxygen atoms in total. The first-order valence-corrected chi connectivity index (χ1v) is 14.5. The minimum Gasteiger partial charge on any atom is -0.462 e. The third-order valence-electron chi connectivity index (χ3n) is 6.50. The molecular formula is C31H46N2O13. The summed E-state index contributed by atoms with van der Waals surface area (Å²) in [7, 11) is 0. The Morgan fingerprint density at radius 1 is 0.543 bits per heavy atom. The van der Waals surface area contributed by atoms with Gasteiger partial charge in [0.15, 0.2) is 0 Å². The summed E-state index contributed by atoms with van der Waals surface area (Å²) in [6.07, 6.45) is 5.40. The summed E-state index contributed by atoms with van der Waals surface area (Å²) in [4.78, 5) is 70.4. The summed E-state index contributed by atoms with van der Waals surface area (Å²) < 4.78 is 30.6. The predicted octanol–water partition coefficient (Wildman–Crippen LogP) is 2.29. The van der Waals surface area contributed by atoms with Gasteiger partial charge in [0.25, 0.3) is 0 Å². The highest BCUT2D eigenvalue weighted by Gasteiger charge is 2.36. The van der Waals surface area contributed by atoms with Crippen molar-refractivity contribution in [2.75, 3.05) is 59.3 Å². The third-order valence-corrected chi connectivity index (χ3v) is 6.50. The van der Waals surface area contributed by atoms with Crippen LogP contribution in [0.2, 0.25) is 0 Å². The zero-order chi connectivity index (χ0) is 34.8. The number of alkyl carbamates (subject to hydrolysis) is 2. The van der Waals surface area contributed by atoms with Crippen LogP contribution in [0.3, 0.4) is 0 Å². The Balaban J connectivity index is 4.49. The minimum absolute atomic E-state index is 0.160. The van der Waals surface area contributed by atoms with Crippen molar-refractivity contribution in [2.45, 2.75) is 39.0 Å². The van der Waals surface area contributed by atoms with Gasteiger partial charge >= 0.3 is 36.1 Å². The fourth-order valence-corrected chi connectivity index (χ4v) is 3.35. The molecule has 0 saturated carbocycles. The number of esters is 4. The molecule has 2 amide bonds. The molecule has 0 aromatic carbocycles. The van der Waals surface area contributed by atoms with E-state index in [1.165, 1.54) is 0 Å². The molecule has 0 atom stereocenters. The van der Waals surface area contributed by atoms with Crippen molar-refractivity contribution in [1.82, 2.24) is 10.6 Å².